The first-order chi connectivity index (χ1) is 8.26. The number of methoxy groups -OCH3 is 2. The summed E-state index contributed by atoms with van der Waals surface area (Å²) in [6.07, 6.45) is 0. The van der Waals surface area contributed by atoms with Crippen LogP contribution in [-0.4, -0.2) is 14.2 Å². The second kappa shape index (κ2) is 5.11. The monoisotopic (exact) mass is 247 g/mol. The van der Waals surface area contributed by atoms with Crippen molar-refractivity contribution >= 4 is 11.6 Å². The van der Waals surface area contributed by atoms with Crippen LogP contribution < -0.4 is 9.47 Å². The van der Waals surface area contributed by atoms with Crippen LogP contribution in [0.4, 0.5) is 0 Å². The Labute approximate surface area is 106 Å². The number of rotatable bonds is 3. The van der Waals surface area contributed by atoms with E-state index in [4.69, 9.17) is 21.1 Å². The van der Waals surface area contributed by atoms with E-state index in [0.717, 1.165) is 22.6 Å². The molecule has 0 aliphatic rings. The van der Waals surface area contributed by atoms with Crippen LogP contribution in [0.25, 0.3) is 11.1 Å². The molecule has 2 rings (SSSR count). The molecule has 0 aliphatic heterocycles. The summed E-state index contributed by atoms with van der Waals surface area (Å²) in [5, 5.41) is 0.703. The third kappa shape index (κ3) is 2.37. The van der Waals surface area contributed by atoms with E-state index in [-0.39, 0.29) is 0 Å². The predicted octanol–water partition coefficient (Wildman–Crippen LogP) is 3.82. The van der Waals surface area contributed by atoms with Gasteiger partial charge in [-0.05, 0) is 35.9 Å². The first kappa shape index (κ1) is 11.8. The number of benzene rings is 2. The maximum atomic E-state index is 5.88. The molecule has 1 radical (unpaired) electrons. The topological polar surface area (TPSA) is 18.5 Å². The molecule has 0 bridgehead atoms. The van der Waals surface area contributed by atoms with E-state index in [0.29, 0.717) is 5.02 Å². The highest BCUT2D eigenvalue weighted by molar-refractivity contribution is 6.30. The smallest absolute Gasteiger partial charge is 0.131 e. The van der Waals surface area contributed by atoms with Gasteiger partial charge in [-0.15, -0.1) is 0 Å². The number of ether oxygens (including phenoxy) is 2. The van der Waals surface area contributed by atoms with Gasteiger partial charge in [-0.1, -0.05) is 23.7 Å². The van der Waals surface area contributed by atoms with Crippen molar-refractivity contribution in [3.8, 4) is 22.6 Å². The largest absolute Gasteiger partial charge is 0.496 e. The van der Waals surface area contributed by atoms with Crippen molar-refractivity contribution in [2.24, 2.45) is 0 Å². The molecule has 0 unspecified atom stereocenters. The van der Waals surface area contributed by atoms with E-state index < -0.39 is 0 Å². The Hall–Kier alpha value is -1.67. The van der Waals surface area contributed by atoms with Crippen LogP contribution in [0.1, 0.15) is 0 Å². The van der Waals surface area contributed by atoms with Gasteiger partial charge in [0.1, 0.15) is 11.5 Å². The summed E-state index contributed by atoms with van der Waals surface area (Å²) in [5.41, 5.74) is 1.91. The molecule has 87 valence electrons. The van der Waals surface area contributed by atoms with Gasteiger partial charge in [-0.25, -0.2) is 0 Å². The van der Waals surface area contributed by atoms with Crippen LogP contribution in [0.5, 0.6) is 11.5 Å². The Bertz CT molecular complexity index is 484. The molecule has 0 N–H and O–H groups in total. The van der Waals surface area contributed by atoms with E-state index in [1.54, 1.807) is 26.4 Å². The second-order valence-electron chi connectivity index (χ2n) is 3.47. The van der Waals surface area contributed by atoms with Crippen molar-refractivity contribution in [3.05, 3.63) is 47.5 Å². The van der Waals surface area contributed by atoms with Crippen molar-refractivity contribution in [3.63, 3.8) is 0 Å². The highest BCUT2D eigenvalue weighted by Gasteiger charge is 2.11. The summed E-state index contributed by atoms with van der Waals surface area (Å²) in [4.78, 5) is 0. The third-order valence-corrected chi connectivity index (χ3v) is 2.75. The average Bonchev–Trinajstić information content (AvgIpc) is 2.38. The highest BCUT2D eigenvalue weighted by Crippen LogP contribution is 2.38. The molecule has 0 amide bonds. The molecule has 0 fully saturated rings. The minimum atomic E-state index is 0.703. The standard InChI is InChI=1S/C14H12ClO2/c1-16-12-4-3-5-13(17-2)14(12)10-6-8-11(15)9-7-10/h4-9H,1-2H3. The summed E-state index contributed by atoms with van der Waals surface area (Å²) in [5.74, 6) is 1.46. The van der Waals surface area contributed by atoms with E-state index in [1.807, 2.05) is 24.3 Å². The van der Waals surface area contributed by atoms with Gasteiger partial charge in [0.15, 0.2) is 0 Å². The van der Waals surface area contributed by atoms with Gasteiger partial charge < -0.3 is 9.47 Å². The van der Waals surface area contributed by atoms with Crippen LogP contribution in [0.15, 0.2) is 36.4 Å². The fraction of sp³-hybridized carbons (Fsp3) is 0.143. The van der Waals surface area contributed by atoms with Crippen molar-refractivity contribution in [1.82, 2.24) is 0 Å². The third-order valence-electron chi connectivity index (χ3n) is 2.49. The minimum Gasteiger partial charge on any atom is -0.496 e. The Morgan fingerprint density at radius 2 is 1.47 bits per heavy atom. The normalized spacial score (nSPS) is 10.1. The van der Waals surface area contributed by atoms with Crippen LogP contribution in [0.2, 0.25) is 5.02 Å². The van der Waals surface area contributed by atoms with Gasteiger partial charge in [-0.3, -0.25) is 0 Å². The quantitative estimate of drug-likeness (QED) is 0.821. The lowest BCUT2D eigenvalue weighted by Crippen LogP contribution is -1.92. The minimum absolute atomic E-state index is 0.703. The fourth-order valence-corrected chi connectivity index (χ4v) is 1.81. The summed E-state index contributed by atoms with van der Waals surface area (Å²) < 4.78 is 10.7. The zero-order valence-electron chi connectivity index (χ0n) is 9.66. The Kier molecular flexibility index (Phi) is 3.55. The van der Waals surface area contributed by atoms with Crippen molar-refractivity contribution in [2.75, 3.05) is 14.2 Å². The van der Waals surface area contributed by atoms with Crippen LogP contribution >= 0.6 is 11.6 Å². The average molecular weight is 248 g/mol. The van der Waals surface area contributed by atoms with E-state index in [2.05, 4.69) is 6.07 Å². The SMILES string of the molecule is COc1c[c]cc(OC)c1-c1ccc(Cl)cc1. The molecule has 2 nitrogen and oxygen atoms in total. The lowest BCUT2D eigenvalue weighted by Gasteiger charge is -2.12. The van der Waals surface area contributed by atoms with Gasteiger partial charge in [0.2, 0.25) is 0 Å². The molecule has 0 saturated carbocycles. The van der Waals surface area contributed by atoms with Gasteiger partial charge in [0.05, 0.1) is 19.8 Å². The summed E-state index contributed by atoms with van der Waals surface area (Å²) in [6, 6.07) is 14.1. The molecule has 2 aromatic carbocycles. The zero-order valence-corrected chi connectivity index (χ0v) is 10.4. The van der Waals surface area contributed by atoms with E-state index >= 15 is 0 Å². The zero-order chi connectivity index (χ0) is 12.3. The first-order valence-electron chi connectivity index (χ1n) is 5.14. The summed E-state index contributed by atoms with van der Waals surface area (Å²) in [6.45, 7) is 0. The molecular formula is C14H12ClO2. The van der Waals surface area contributed by atoms with Crippen molar-refractivity contribution in [1.29, 1.82) is 0 Å². The molecule has 0 aliphatic carbocycles. The lowest BCUT2D eigenvalue weighted by molar-refractivity contribution is 0.397. The van der Waals surface area contributed by atoms with Gasteiger partial charge in [0, 0.05) is 5.02 Å². The summed E-state index contributed by atoms with van der Waals surface area (Å²) >= 11 is 5.88. The van der Waals surface area contributed by atoms with Crippen LogP contribution in [-0.2, 0) is 0 Å². The van der Waals surface area contributed by atoms with E-state index in [9.17, 15) is 0 Å². The Balaban J connectivity index is 2.59. The van der Waals surface area contributed by atoms with Crippen LogP contribution in [0, 0.1) is 6.07 Å². The molecule has 0 saturated heterocycles. The number of hydrogen-bond donors (Lipinski definition) is 0. The van der Waals surface area contributed by atoms with Gasteiger partial charge in [-0.2, -0.15) is 0 Å². The Morgan fingerprint density at radius 1 is 0.941 bits per heavy atom. The fourth-order valence-electron chi connectivity index (χ4n) is 1.68. The lowest BCUT2D eigenvalue weighted by atomic mass is 10.0. The molecule has 0 heterocycles. The molecule has 2 aromatic rings. The first-order valence-corrected chi connectivity index (χ1v) is 5.52. The molecule has 17 heavy (non-hydrogen) atoms. The van der Waals surface area contributed by atoms with E-state index in [1.165, 1.54) is 0 Å². The van der Waals surface area contributed by atoms with Gasteiger partial charge in [0.25, 0.3) is 0 Å². The molecule has 0 spiro atoms. The number of hydrogen-bond acceptors (Lipinski definition) is 2. The predicted molar refractivity (Wildman–Crippen MR) is 68.8 cm³/mol. The maximum absolute atomic E-state index is 5.88. The molecule has 0 aromatic heterocycles. The van der Waals surface area contributed by atoms with Crippen molar-refractivity contribution in [2.45, 2.75) is 0 Å². The molecule has 0 atom stereocenters. The Morgan fingerprint density at radius 3 is 1.94 bits per heavy atom. The molecule has 3 heteroatoms. The number of halogens is 1. The molecular weight excluding hydrogens is 236 g/mol. The second-order valence-corrected chi connectivity index (χ2v) is 3.91. The maximum Gasteiger partial charge on any atom is 0.131 e. The highest BCUT2D eigenvalue weighted by atomic mass is 35.5. The summed E-state index contributed by atoms with van der Waals surface area (Å²) in [7, 11) is 3.25. The van der Waals surface area contributed by atoms with Crippen LogP contribution in [0.3, 0.4) is 0 Å². The van der Waals surface area contributed by atoms with Gasteiger partial charge >= 0.3 is 0 Å². The van der Waals surface area contributed by atoms with Crippen molar-refractivity contribution < 1.29 is 9.47 Å².